The summed E-state index contributed by atoms with van der Waals surface area (Å²) in [6.45, 7) is 3.82. The maximum atomic E-state index is 13.7. The van der Waals surface area contributed by atoms with Gasteiger partial charge in [0.05, 0.1) is 18.9 Å². The Kier molecular flexibility index (Phi) is 3.95. The van der Waals surface area contributed by atoms with Crippen LogP contribution in [0.2, 0.25) is 0 Å². The summed E-state index contributed by atoms with van der Waals surface area (Å²) >= 11 is 0. The van der Waals surface area contributed by atoms with Gasteiger partial charge >= 0.3 is 0 Å². The minimum absolute atomic E-state index is 0.241. The number of ether oxygens (including phenoxy) is 2. The van der Waals surface area contributed by atoms with Gasteiger partial charge in [0.2, 0.25) is 0 Å². The van der Waals surface area contributed by atoms with Gasteiger partial charge in [-0.3, -0.25) is 0 Å². The molecule has 0 saturated heterocycles. The van der Waals surface area contributed by atoms with Gasteiger partial charge in [-0.1, -0.05) is 12.1 Å². The number of halogens is 1. The monoisotopic (exact) mass is 287 g/mol. The van der Waals surface area contributed by atoms with Crippen molar-refractivity contribution in [3.8, 4) is 11.5 Å². The van der Waals surface area contributed by atoms with Gasteiger partial charge in [-0.2, -0.15) is 0 Å². The number of nitrogens with one attached hydrogen (secondary N) is 1. The Labute approximate surface area is 123 Å². The third-order valence-electron chi connectivity index (χ3n) is 3.42. The molecule has 2 aromatic rings. The van der Waals surface area contributed by atoms with Gasteiger partial charge in [0.25, 0.3) is 0 Å². The first kappa shape index (κ1) is 13.7. The van der Waals surface area contributed by atoms with Crippen molar-refractivity contribution in [3.05, 3.63) is 53.3 Å². The van der Waals surface area contributed by atoms with E-state index in [1.165, 1.54) is 6.07 Å². The molecule has 0 aliphatic carbocycles. The number of hydrogen-bond donors (Lipinski definition) is 1. The number of benzene rings is 2. The Balaban J connectivity index is 1.73. The molecular weight excluding hydrogens is 269 g/mol. The van der Waals surface area contributed by atoms with Crippen LogP contribution in [0.15, 0.2) is 36.4 Å². The van der Waals surface area contributed by atoms with E-state index in [1.54, 1.807) is 12.1 Å². The highest BCUT2D eigenvalue weighted by molar-refractivity contribution is 5.49. The summed E-state index contributed by atoms with van der Waals surface area (Å²) in [5, 5.41) is 3.12. The van der Waals surface area contributed by atoms with Crippen molar-refractivity contribution in [1.29, 1.82) is 0 Å². The SMILES string of the molecule is Cc1ccc(F)c(NCc2ccc3c(c2)OCCCO3)c1. The fourth-order valence-electron chi connectivity index (χ4n) is 2.29. The van der Waals surface area contributed by atoms with E-state index < -0.39 is 0 Å². The van der Waals surface area contributed by atoms with Crippen molar-refractivity contribution in [3.63, 3.8) is 0 Å². The van der Waals surface area contributed by atoms with Crippen molar-refractivity contribution < 1.29 is 13.9 Å². The zero-order chi connectivity index (χ0) is 14.7. The Morgan fingerprint density at radius 2 is 1.86 bits per heavy atom. The second kappa shape index (κ2) is 6.04. The first-order valence-electron chi connectivity index (χ1n) is 7.11. The Hall–Kier alpha value is -2.23. The molecule has 0 bridgehead atoms. The van der Waals surface area contributed by atoms with E-state index in [0.29, 0.717) is 25.4 Å². The Morgan fingerprint density at radius 1 is 1.05 bits per heavy atom. The lowest BCUT2D eigenvalue weighted by atomic mass is 10.1. The smallest absolute Gasteiger partial charge is 0.161 e. The molecule has 0 saturated carbocycles. The van der Waals surface area contributed by atoms with Crippen molar-refractivity contribution in [1.82, 2.24) is 0 Å². The van der Waals surface area contributed by atoms with E-state index in [2.05, 4.69) is 5.32 Å². The molecular formula is C17H18FNO2. The van der Waals surface area contributed by atoms with E-state index in [1.807, 2.05) is 25.1 Å². The van der Waals surface area contributed by atoms with Gasteiger partial charge in [-0.25, -0.2) is 4.39 Å². The van der Waals surface area contributed by atoms with Crippen LogP contribution >= 0.6 is 0 Å². The first-order valence-corrected chi connectivity index (χ1v) is 7.11. The van der Waals surface area contributed by atoms with E-state index in [4.69, 9.17) is 9.47 Å². The fraction of sp³-hybridized carbons (Fsp3) is 0.294. The molecule has 0 spiro atoms. The molecule has 3 rings (SSSR count). The number of hydrogen-bond acceptors (Lipinski definition) is 3. The van der Waals surface area contributed by atoms with Gasteiger partial charge < -0.3 is 14.8 Å². The van der Waals surface area contributed by atoms with E-state index in [0.717, 1.165) is 29.0 Å². The summed E-state index contributed by atoms with van der Waals surface area (Å²) in [7, 11) is 0. The van der Waals surface area contributed by atoms with Crippen molar-refractivity contribution in [2.45, 2.75) is 19.9 Å². The number of fused-ring (bicyclic) bond motifs is 1. The molecule has 2 aromatic carbocycles. The van der Waals surface area contributed by atoms with E-state index in [-0.39, 0.29) is 5.82 Å². The van der Waals surface area contributed by atoms with Crippen LogP contribution in [0.5, 0.6) is 11.5 Å². The van der Waals surface area contributed by atoms with Crippen LogP contribution in [0.3, 0.4) is 0 Å². The molecule has 1 aliphatic heterocycles. The van der Waals surface area contributed by atoms with Crippen LogP contribution in [-0.4, -0.2) is 13.2 Å². The van der Waals surface area contributed by atoms with Gasteiger partial charge in [0, 0.05) is 13.0 Å². The number of aryl methyl sites for hydroxylation is 1. The summed E-state index contributed by atoms with van der Waals surface area (Å²) in [4.78, 5) is 0. The minimum atomic E-state index is -0.241. The second-order valence-electron chi connectivity index (χ2n) is 5.17. The molecule has 110 valence electrons. The summed E-state index contributed by atoms with van der Waals surface area (Å²) in [5.74, 6) is 1.30. The standard InChI is InChI=1S/C17H18FNO2/c1-12-3-5-14(18)15(9-12)19-11-13-4-6-16-17(10-13)21-8-2-7-20-16/h3-6,9-10,19H,2,7-8,11H2,1H3. The summed E-state index contributed by atoms with van der Waals surface area (Å²) < 4.78 is 24.9. The third-order valence-corrected chi connectivity index (χ3v) is 3.42. The quantitative estimate of drug-likeness (QED) is 0.928. The summed E-state index contributed by atoms with van der Waals surface area (Å²) in [6, 6.07) is 10.9. The predicted octanol–water partition coefficient (Wildman–Crippen LogP) is 3.91. The summed E-state index contributed by atoms with van der Waals surface area (Å²) in [6.07, 6.45) is 0.886. The zero-order valence-electron chi connectivity index (χ0n) is 12.0. The van der Waals surface area contributed by atoms with Crippen molar-refractivity contribution >= 4 is 5.69 Å². The normalized spacial score (nSPS) is 13.6. The zero-order valence-corrected chi connectivity index (χ0v) is 12.0. The molecule has 0 atom stereocenters. The molecule has 1 N–H and O–H groups in total. The minimum Gasteiger partial charge on any atom is -0.490 e. The number of rotatable bonds is 3. The molecule has 0 unspecified atom stereocenters. The van der Waals surface area contributed by atoms with Crippen molar-refractivity contribution in [2.24, 2.45) is 0 Å². The third kappa shape index (κ3) is 3.27. The van der Waals surface area contributed by atoms with Crippen LogP contribution in [0, 0.1) is 12.7 Å². The van der Waals surface area contributed by atoms with Crippen LogP contribution in [0.25, 0.3) is 0 Å². The van der Waals surface area contributed by atoms with E-state index in [9.17, 15) is 4.39 Å². The van der Waals surface area contributed by atoms with Crippen LogP contribution in [0.4, 0.5) is 10.1 Å². The predicted molar refractivity (Wildman–Crippen MR) is 80.5 cm³/mol. The Morgan fingerprint density at radius 3 is 2.71 bits per heavy atom. The molecule has 0 aromatic heterocycles. The van der Waals surface area contributed by atoms with Gasteiger partial charge in [0.15, 0.2) is 11.5 Å². The molecule has 0 fully saturated rings. The lowest BCUT2D eigenvalue weighted by Gasteiger charge is -2.11. The van der Waals surface area contributed by atoms with Gasteiger partial charge in [-0.15, -0.1) is 0 Å². The maximum absolute atomic E-state index is 13.7. The van der Waals surface area contributed by atoms with Crippen LogP contribution < -0.4 is 14.8 Å². The van der Waals surface area contributed by atoms with Gasteiger partial charge in [0.1, 0.15) is 5.82 Å². The molecule has 1 aliphatic rings. The second-order valence-corrected chi connectivity index (χ2v) is 5.17. The molecule has 21 heavy (non-hydrogen) atoms. The molecule has 3 nitrogen and oxygen atoms in total. The first-order chi connectivity index (χ1) is 10.2. The van der Waals surface area contributed by atoms with E-state index >= 15 is 0 Å². The lowest BCUT2D eigenvalue weighted by Crippen LogP contribution is -2.02. The Bertz CT molecular complexity index is 643. The average molecular weight is 287 g/mol. The van der Waals surface area contributed by atoms with Gasteiger partial charge in [-0.05, 0) is 42.3 Å². The molecule has 0 radical (unpaired) electrons. The van der Waals surface area contributed by atoms with Crippen molar-refractivity contribution in [2.75, 3.05) is 18.5 Å². The molecule has 1 heterocycles. The van der Waals surface area contributed by atoms with Crippen LogP contribution in [-0.2, 0) is 6.54 Å². The van der Waals surface area contributed by atoms with Crippen LogP contribution in [0.1, 0.15) is 17.5 Å². The number of anilines is 1. The molecule has 4 heteroatoms. The average Bonchev–Trinajstić information content (AvgIpc) is 2.73. The largest absolute Gasteiger partial charge is 0.490 e. The summed E-state index contributed by atoms with van der Waals surface area (Å²) in [5.41, 5.74) is 2.57. The topological polar surface area (TPSA) is 30.5 Å². The highest BCUT2D eigenvalue weighted by Crippen LogP contribution is 2.30. The fourth-order valence-corrected chi connectivity index (χ4v) is 2.29. The maximum Gasteiger partial charge on any atom is 0.161 e. The highest BCUT2D eigenvalue weighted by atomic mass is 19.1. The lowest BCUT2D eigenvalue weighted by molar-refractivity contribution is 0.297. The molecule has 0 amide bonds. The highest BCUT2D eigenvalue weighted by Gasteiger charge is 2.10.